The summed E-state index contributed by atoms with van der Waals surface area (Å²) in [6.45, 7) is 4.36. The van der Waals surface area contributed by atoms with Crippen molar-refractivity contribution in [2.75, 3.05) is 0 Å². The average molecular weight is 240 g/mol. The van der Waals surface area contributed by atoms with Crippen molar-refractivity contribution in [1.82, 2.24) is 0 Å². The van der Waals surface area contributed by atoms with E-state index in [0.29, 0.717) is 0 Å². The molecule has 16 heavy (non-hydrogen) atoms. The normalized spacial score (nSPS) is 43.3. The molecular weight excluding hydrogens is 210 g/mol. The molecular formula is C14H30BP. The molecule has 4 aliphatic rings. The highest BCUT2D eigenvalue weighted by molar-refractivity contribution is 7.19. The van der Waals surface area contributed by atoms with Crippen molar-refractivity contribution in [3.63, 3.8) is 0 Å². The Bertz CT molecular complexity index is 177. The largest absolute Gasteiger partial charge is 0.131 e. The Balaban J connectivity index is 0.000000228. The highest BCUT2D eigenvalue weighted by atomic mass is 31.0. The molecule has 4 bridgehead atoms. The molecule has 0 aromatic carbocycles. The summed E-state index contributed by atoms with van der Waals surface area (Å²) < 4.78 is 0. The lowest BCUT2D eigenvalue weighted by Crippen LogP contribution is -2.46. The molecule has 1 unspecified atom stereocenters. The molecule has 4 saturated carbocycles. The van der Waals surface area contributed by atoms with Gasteiger partial charge in [-0.05, 0) is 61.4 Å². The first kappa shape index (κ1) is 14.6. The maximum atomic E-state index is 3.17. The first-order valence-corrected chi connectivity index (χ1v) is 7.52. The third kappa shape index (κ3) is 3.25. The Morgan fingerprint density at radius 3 is 1.38 bits per heavy atom. The lowest BCUT2D eigenvalue weighted by Gasteiger charge is -2.55. The van der Waals surface area contributed by atoms with Gasteiger partial charge in [-0.1, -0.05) is 26.7 Å². The smallest absolute Gasteiger partial charge is 0.0814 e. The van der Waals surface area contributed by atoms with Crippen LogP contribution >= 0.6 is 9.24 Å². The van der Waals surface area contributed by atoms with Crippen LogP contribution in [0.3, 0.4) is 0 Å². The van der Waals surface area contributed by atoms with Crippen molar-refractivity contribution in [3.05, 3.63) is 0 Å². The third-order valence-electron chi connectivity index (χ3n) is 4.59. The standard InChI is InChI=1S/C10H17P.C4H10.BH3/c11-10-4-7-1-8(5-10)3-9(2-7)6-10;1-3-4-2;/h7-9H,1-6,11H2;3-4H2,1-2H3;1H3. The van der Waals surface area contributed by atoms with E-state index in [0.717, 1.165) is 22.9 Å². The van der Waals surface area contributed by atoms with Gasteiger partial charge >= 0.3 is 0 Å². The molecule has 0 amide bonds. The Kier molecular flexibility index (Phi) is 5.37. The van der Waals surface area contributed by atoms with Crippen LogP contribution in [-0.2, 0) is 0 Å². The van der Waals surface area contributed by atoms with Crippen molar-refractivity contribution < 1.29 is 0 Å². The van der Waals surface area contributed by atoms with Crippen molar-refractivity contribution in [2.45, 2.75) is 70.4 Å². The van der Waals surface area contributed by atoms with E-state index in [1.54, 1.807) is 19.3 Å². The number of rotatable bonds is 1. The summed E-state index contributed by atoms with van der Waals surface area (Å²) in [6, 6.07) is 0. The summed E-state index contributed by atoms with van der Waals surface area (Å²) in [5.41, 5.74) is 0. The van der Waals surface area contributed by atoms with Gasteiger partial charge in [0.2, 0.25) is 0 Å². The summed E-state index contributed by atoms with van der Waals surface area (Å²) >= 11 is 0. The molecule has 94 valence electrons. The molecule has 0 saturated heterocycles. The minimum atomic E-state index is 0. The summed E-state index contributed by atoms with van der Waals surface area (Å²) in [7, 11) is 3.17. The van der Waals surface area contributed by atoms with E-state index in [4.69, 9.17) is 0 Å². The van der Waals surface area contributed by atoms with Crippen LogP contribution in [0.1, 0.15) is 65.2 Å². The molecule has 4 aliphatic carbocycles. The summed E-state index contributed by atoms with van der Waals surface area (Å²) in [5.74, 6) is 3.37. The van der Waals surface area contributed by atoms with Gasteiger partial charge in [0.15, 0.2) is 0 Å². The van der Waals surface area contributed by atoms with Gasteiger partial charge in [-0.2, -0.15) is 0 Å². The maximum Gasteiger partial charge on any atom is 0.0814 e. The van der Waals surface area contributed by atoms with Gasteiger partial charge in [0.25, 0.3) is 0 Å². The summed E-state index contributed by atoms with van der Waals surface area (Å²) in [6.07, 6.45) is 12.0. The van der Waals surface area contributed by atoms with Crippen LogP contribution in [0.15, 0.2) is 0 Å². The zero-order valence-corrected chi connectivity index (χ0v) is 11.6. The second-order valence-electron chi connectivity index (χ2n) is 6.28. The summed E-state index contributed by atoms with van der Waals surface area (Å²) in [4.78, 5) is 0. The SMILES string of the molecule is B.CCCC.PC12CC3CC(CC(C3)C1)C2. The van der Waals surface area contributed by atoms with Gasteiger partial charge in [-0.25, -0.2) is 0 Å². The van der Waals surface area contributed by atoms with Gasteiger partial charge in [-0.15, -0.1) is 9.24 Å². The molecule has 0 aromatic heterocycles. The second kappa shape index (κ2) is 5.90. The van der Waals surface area contributed by atoms with Gasteiger partial charge in [0, 0.05) is 0 Å². The van der Waals surface area contributed by atoms with Gasteiger partial charge in [0.1, 0.15) is 0 Å². The topological polar surface area (TPSA) is 0 Å². The number of hydrogen-bond acceptors (Lipinski definition) is 0. The van der Waals surface area contributed by atoms with E-state index in [1.807, 2.05) is 0 Å². The van der Waals surface area contributed by atoms with Gasteiger partial charge in [0.05, 0.1) is 8.41 Å². The van der Waals surface area contributed by atoms with E-state index >= 15 is 0 Å². The van der Waals surface area contributed by atoms with E-state index in [2.05, 4.69) is 23.1 Å². The highest BCUT2D eigenvalue weighted by Gasteiger charge is 2.48. The van der Waals surface area contributed by atoms with Crippen molar-refractivity contribution >= 4 is 17.7 Å². The average Bonchev–Trinajstić information content (AvgIpc) is 2.14. The zero-order valence-electron chi connectivity index (χ0n) is 10.5. The molecule has 2 heteroatoms. The van der Waals surface area contributed by atoms with E-state index in [9.17, 15) is 0 Å². The first-order chi connectivity index (χ1) is 7.15. The Morgan fingerprint density at radius 2 is 1.19 bits per heavy atom. The van der Waals surface area contributed by atoms with Crippen LogP contribution in [0.25, 0.3) is 0 Å². The zero-order chi connectivity index (χ0) is 10.9. The fourth-order valence-electron chi connectivity index (χ4n) is 4.18. The molecule has 4 rings (SSSR count). The fraction of sp³-hybridized carbons (Fsp3) is 1.00. The molecule has 0 N–H and O–H groups in total. The van der Waals surface area contributed by atoms with E-state index in [1.165, 1.54) is 32.1 Å². The van der Waals surface area contributed by atoms with Crippen LogP contribution in [-0.4, -0.2) is 13.6 Å². The van der Waals surface area contributed by atoms with Crippen molar-refractivity contribution in [3.8, 4) is 0 Å². The molecule has 0 aromatic rings. The van der Waals surface area contributed by atoms with Gasteiger partial charge < -0.3 is 0 Å². The van der Waals surface area contributed by atoms with Crippen LogP contribution in [0.2, 0.25) is 0 Å². The van der Waals surface area contributed by atoms with Crippen LogP contribution in [0.5, 0.6) is 0 Å². The summed E-state index contributed by atoms with van der Waals surface area (Å²) in [5, 5.41) is 0.717. The molecule has 0 aliphatic heterocycles. The minimum Gasteiger partial charge on any atom is -0.131 e. The Morgan fingerprint density at radius 1 is 0.875 bits per heavy atom. The molecule has 0 heterocycles. The molecule has 4 fully saturated rings. The second-order valence-corrected chi connectivity index (χ2v) is 7.50. The highest BCUT2D eigenvalue weighted by Crippen LogP contribution is 2.59. The number of unbranched alkanes of at least 4 members (excludes halogenated alkanes) is 1. The minimum absolute atomic E-state index is 0. The fourth-order valence-corrected chi connectivity index (χ4v) is 5.18. The van der Waals surface area contributed by atoms with Crippen LogP contribution in [0.4, 0.5) is 0 Å². The Labute approximate surface area is 106 Å². The quantitative estimate of drug-likeness (QED) is 0.486. The van der Waals surface area contributed by atoms with Crippen molar-refractivity contribution in [1.29, 1.82) is 0 Å². The maximum absolute atomic E-state index is 3.17. The van der Waals surface area contributed by atoms with E-state index in [-0.39, 0.29) is 8.41 Å². The lowest BCUT2D eigenvalue weighted by atomic mass is 9.56. The molecule has 0 nitrogen and oxygen atoms in total. The monoisotopic (exact) mass is 240 g/mol. The predicted molar refractivity (Wildman–Crippen MR) is 81.1 cm³/mol. The van der Waals surface area contributed by atoms with Crippen LogP contribution in [0, 0.1) is 17.8 Å². The Hall–Kier alpha value is 0.495. The van der Waals surface area contributed by atoms with Crippen molar-refractivity contribution in [2.24, 2.45) is 17.8 Å². The first-order valence-electron chi connectivity index (χ1n) is 6.94. The van der Waals surface area contributed by atoms with Gasteiger partial charge in [-0.3, -0.25) is 0 Å². The number of hydrogen-bond donors (Lipinski definition) is 0. The molecule has 1 atom stereocenters. The molecule has 0 spiro atoms. The predicted octanol–water partition coefficient (Wildman–Crippen LogP) is 3.45. The lowest BCUT2D eigenvalue weighted by molar-refractivity contribution is 0.0379. The van der Waals surface area contributed by atoms with E-state index < -0.39 is 0 Å². The molecule has 0 radical (unpaired) electrons. The van der Waals surface area contributed by atoms with Crippen LogP contribution < -0.4 is 0 Å². The third-order valence-corrected chi connectivity index (χ3v) is 5.29.